The Morgan fingerprint density at radius 3 is 2.08 bits per heavy atom. The molecule has 4 aromatic carbocycles. The molecule has 7 nitrogen and oxygen atoms in total. The van der Waals surface area contributed by atoms with Gasteiger partial charge in [0.1, 0.15) is 0 Å². The minimum Gasteiger partial charge on any atom is -0.321 e. The van der Waals surface area contributed by atoms with Crippen molar-refractivity contribution in [2.45, 2.75) is 17.9 Å². The van der Waals surface area contributed by atoms with Crippen LogP contribution in [0, 0.1) is 0 Å². The van der Waals surface area contributed by atoms with Gasteiger partial charge in [0, 0.05) is 35.3 Å². The van der Waals surface area contributed by atoms with Crippen LogP contribution in [0.3, 0.4) is 0 Å². The van der Waals surface area contributed by atoms with Gasteiger partial charge in [0.15, 0.2) is 11.6 Å². The molecular formula is C30H22N2O5S. The largest absolute Gasteiger partial charge is 0.321 e. The lowest BCUT2D eigenvalue weighted by Gasteiger charge is -2.28. The minimum atomic E-state index is -3.74. The first-order chi connectivity index (χ1) is 18.3. The zero-order valence-electron chi connectivity index (χ0n) is 20.2. The molecule has 38 heavy (non-hydrogen) atoms. The van der Waals surface area contributed by atoms with E-state index in [9.17, 15) is 22.8 Å². The van der Waals surface area contributed by atoms with E-state index in [1.165, 1.54) is 28.6 Å². The van der Waals surface area contributed by atoms with Crippen LogP contribution >= 0.6 is 0 Å². The quantitative estimate of drug-likeness (QED) is 0.376. The van der Waals surface area contributed by atoms with Crippen LogP contribution < -0.4 is 5.32 Å². The molecule has 0 aromatic heterocycles. The van der Waals surface area contributed by atoms with Crippen molar-refractivity contribution in [1.29, 1.82) is 0 Å². The molecule has 0 unspecified atom stereocenters. The van der Waals surface area contributed by atoms with Gasteiger partial charge >= 0.3 is 0 Å². The molecular weight excluding hydrogens is 500 g/mol. The van der Waals surface area contributed by atoms with E-state index in [4.69, 9.17) is 0 Å². The van der Waals surface area contributed by atoms with E-state index in [-0.39, 0.29) is 38.8 Å². The number of benzene rings is 4. The van der Waals surface area contributed by atoms with Gasteiger partial charge in [0.05, 0.1) is 16.1 Å². The zero-order chi connectivity index (χ0) is 26.4. The molecule has 0 fully saturated rings. The Kier molecular flexibility index (Phi) is 5.78. The van der Waals surface area contributed by atoms with Crippen LogP contribution in [0.2, 0.25) is 0 Å². The van der Waals surface area contributed by atoms with Crippen LogP contribution in [0.5, 0.6) is 0 Å². The highest BCUT2D eigenvalue weighted by molar-refractivity contribution is 7.89. The van der Waals surface area contributed by atoms with Crippen LogP contribution in [-0.4, -0.2) is 36.7 Å². The number of ketones is 2. The van der Waals surface area contributed by atoms with Crippen molar-refractivity contribution in [3.63, 3.8) is 0 Å². The van der Waals surface area contributed by atoms with E-state index in [2.05, 4.69) is 5.32 Å². The van der Waals surface area contributed by atoms with Gasteiger partial charge in [-0.1, -0.05) is 60.7 Å². The zero-order valence-corrected chi connectivity index (χ0v) is 21.0. The second-order valence-electron chi connectivity index (χ2n) is 9.27. The number of nitrogens with one attached hydrogen (secondary N) is 1. The van der Waals surface area contributed by atoms with Crippen molar-refractivity contribution in [3.8, 4) is 0 Å². The molecule has 1 N–H and O–H groups in total. The van der Waals surface area contributed by atoms with Crippen molar-refractivity contribution in [3.05, 3.63) is 130 Å². The van der Waals surface area contributed by atoms with E-state index < -0.39 is 15.9 Å². The molecule has 0 spiro atoms. The Morgan fingerprint density at radius 1 is 0.711 bits per heavy atom. The number of hydrogen-bond donors (Lipinski definition) is 1. The maximum Gasteiger partial charge on any atom is 0.255 e. The predicted molar refractivity (Wildman–Crippen MR) is 142 cm³/mol. The first-order valence-corrected chi connectivity index (χ1v) is 13.6. The fourth-order valence-electron chi connectivity index (χ4n) is 5.05. The summed E-state index contributed by atoms with van der Waals surface area (Å²) in [6.07, 6.45) is 0.642. The molecule has 0 radical (unpaired) electrons. The summed E-state index contributed by atoms with van der Waals surface area (Å²) in [5.74, 6) is -1.13. The molecule has 2 aliphatic rings. The maximum atomic E-state index is 13.3. The van der Waals surface area contributed by atoms with Crippen LogP contribution in [-0.2, 0) is 23.0 Å². The lowest BCUT2D eigenvalue weighted by Crippen LogP contribution is -2.35. The molecule has 188 valence electrons. The third-order valence-electron chi connectivity index (χ3n) is 7.05. The molecule has 1 amide bonds. The van der Waals surface area contributed by atoms with Crippen LogP contribution in [0.1, 0.15) is 53.3 Å². The SMILES string of the molecule is O=C(Nc1cccc2c1C(=O)c1ccccc1C2=O)c1ccc(S(=O)(=O)N2CCc3ccccc3C2)cc1. The Morgan fingerprint density at radius 2 is 1.34 bits per heavy atom. The minimum absolute atomic E-state index is 0.0999. The highest BCUT2D eigenvalue weighted by atomic mass is 32.2. The summed E-state index contributed by atoms with van der Waals surface area (Å²) in [6.45, 7) is 0.687. The van der Waals surface area contributed by atoms with Crippen molar-refractivity contribution >= 4 is 33.2 Å². The van der Waals surface area contributed by atoms with E-state index in [0.29, 0.717) is 30.6 Å². The summed E-state index contributed by atoms with van der Waals surface area (Å²) in [5.41, 5.74) is 3.59. The van der Waals surface area contributed by atoms with E-state index in [0.717, 1.165) is 11.1 Å². The third kappa shape index (κ3) is 3.95. The van der Waals surface area contributed by atoms with Gasteiger partial charge in [-0.05, 0) is 47.9 Å². The second kappa shape index (κ2) is 9.16. The Hall–Kier alpha value is -4.40. The van der Waals surface area contributed by atoms with Gasteiger partial charge < -0.3 is 5.32 Å². The number of nitrogens with zero attached hydrogens (tertiary/aromatic N) is 1. The van der Waals surface area contributed by atoms with Gasteiger partial charge in [-0.15, -0.1) is 0 Å². The molecule has 6 rings (SSSR count). The van der Waals surface area contributed by atoms with Crippen molar-refractivity contribution in [1.82, 2.24) is 4.31 Å². The number of sulfonamides is 1. The molecule has 1 aliphatic heterocycles. The van der Waals surface area contributed by atoms with Gasteiger partial charge in [0.25, 0.3) is 5.91 Å². The molecule has 0 atom stereocenters. The number of hydrogen-bond acceptors (Lipinski definition) is 5. The molecule has 1 aliphatic carbocycles. The molecule has 4 aromatic rings. The number of carbonyl (C=O) groups is 3. The average molecular weight is 523 g/mol. The number of carbonyl (C=O) groups excluding carboxylic acids is 3. The molecule has 0 saturated carbocycles. The van der Waals surface area contributed by atoms with Gasteiger partial charge in [-0.3, -0.25) is 14.4 Å². The molecule has 1 heterocycles. The smallest absolute Gasteiger partial charge is 0.255 e. The van der Waals surface area contributed by atoms with Crippen molar-refractivity contribution in [2.75, 3.05) is 11.9 Å². The van der Waals surface area contributed by atoms with E-state index >= 15 is 0 Å². The summed E-state index contributed by atoms with van der Waals surface area (Å²) in [7, 11) is -3.74. The lowest BCUT2D eigenvalue weighted by molar-refractivity contribution is 0.0978. The standard InChI is InChI=1S/C30H22N2O5S/c33-28-23-8-3-4-9-24(23)29(34)27-25(28)10-5-11-26(27)31-30(35)20-12-14-22(15-13-20)38(36,37)32-17-16-19-6-1-2-7-21(19)18-32/h1-15H,16-18H2,(H,31,35). The van der Waals surface area contributed by atoms with Crippen molar-refractivity contribution in [2.24, 2.45) is 0 Å². The number of anilines is 1. The first-order valence-electron chi connectivity index (χ1n) is 12.1. The van der Waals surface area contributed by atoms with Gasteiger partial charge in [0.2, 0.25) is 10.0 Å². The normalized spacial score (nSPS) is 14.8. The summed E-state index contributed by atoms with van der Waals surface area (Å²) >= 11 is 0. The van der Waals surface area contributed by atoms with Crippen molar-refractivity contribution < 1.29 is 22.8 Å². The molecule has 0 bridgehead atoms. The number of rotatable bonds is 4. The van der Waals surface area contributed by atoms with Crippen LogP contribution in [0.25, 0.3) is 0 Å². The van der Waals surface area contributed by atoms with Gasteiger partial charge in [-0.25, -0.2) is 8.42 Å². The van der Waals surface area contributed by atoms with E-state index in [1.54, 1.807) is 42.5 Å². The van der Waals surface area contributed by atoms with E-state index in [1.807, 2.05) is 24.3 Å². The Bertz CT molecular complexity index is 1740. The molecule has 0 saturated heterocycles. The average Bonchev–Trinajstić information content (AvgIpc) is 2.95. The summed E-state index contributed by atoms with van der Waals surface area (Å²) < 4.78 is 28.0. The second-order valence-corrected chi connectivity index (χ2v) is 11.2. The predicted octanol–water partition coefficient (Wildman–Crippen LogP) is 4.46. The third-order valence-corrected chi connectivity index (χ3v) is 8.91. The summed E-state index contributed by atoms with van der Waals surface area (Å²) in [6, 6.07) is 24.9. The number of amides is 1. The number of fused-ring (bicyclic) bond motifs is 3. The van der Waals surface area contributed by atoms with Gasteiger partial charge in [-0.2, -0.15) is 4.31 Å². The lowest BCUT2D eigenvalue weighted by atomic mass is 9.83. The molecule has 8 heteroatoms. The fraction of sp³-hybridized carbons (Fsp3) is 0.100. The highest BCUT2D eigenvalue weighted by Crippen LogP contribution is 2.32. The monoisotopic (exact) mass is 522 g/mol. The fourth-order valence-corrected chi connectivity index (χ4v) is 6.46. The Balaban J connectivity index is 1.24. The highest BCUT2D eigenvalue weighted by Gasteiger charge is 2.32. The van der Waals surface area contributed by atoms with Crippen LogP contribution in [0.15, 0.2) is 95.9 Å². The maximum absolute atomic E-state index is 13.3. The topological polar surface area (TPSA) is 101 Å². The summed E-state index contributed by atoms with van der Waals surface area (Å²) in [5, 5.41) is 2.73. The summed E-state index contributed by atoms with van der Waals surface area (Å²) in [4.78, 5) is 39.3. The first kappa shape index (κ1) is 24.0. The van der Waals surface area contributed by atoms with Crippen LogP contribution in [0.4, 0.5) is 5.69 Å². The Labute approximate surface area is 219 Å².